The standard InChI is InChI=1S/C20H31N3O2S2/c1-14(12-17-8-4-5-9-17)22-13-18-10-6-7-11-19(18)23-15(2)20(26-16(23)3)27(21,24)25/h6-7,10-11,14,16-17,22H,4-5,8-9,12-13H2,1-3H3,(H2,21,24,25)/t14-,16?/m0/s1. The fourth-order valence-electron chi connectivity index (χ4n) is 4.32. The van der Waals surface area contributed by atoms with E-state index in [2.05, 4.69) is 29.3 Å². The summed E-state index contributed by atoms with van der Waals surface area (Å²) in [5.74, 6) is 0.861. The molecule has 1 unspecified atom stereocenters. The zero-order valence-electron chi connectivity index (χ0n) is 16.4. The van der Waals surface area contributed by atoms with Crippen molar-refractivity contribution in [2.24, 2.45) is 11.1 Å². The van der Waals surface area contributed by atoms with Gasteiger partial charge in [-0.2, -0.15) is 0 Å². The lowest BCUT2D eigenvalue weighted by Crippen LogP contribution is -2.30. The van der Waals surface area contributed by atoms with Crippen molar-refractivity contribution in [3.63, 3.8) is 0 Å². The molecule has 1 aromatic rings. The van der Waals surface area contributed by atoms with E-state index in [9.17, 15) is 8.42 Å². The lowest BCUT2D eigenvalue weighted by Gasteiger charge is -2.28. The highest BCUT2D eigenvalue weighted by molar-refractivity contribution is 8.18. The monoisotopic (exact) mass is 409 g/mol. The van der Waals surface area contributed by atoms with E-state index in [1.165, 1.54) is 49.4 Å². The number of rotatable bonds is 7. The third-order valence-corrected chi connectivity index (χ3v) is 8.47. The van der Waals surface area contributed by atoms with Crippen LogP contribution in [0.3, 0.4) is 0 Å². The van der Waals surface area contributed by atoms with Gasteiger partial charge >= 0.3 is 0 Å². The lowest BCUT2D eigenvalue weighted by atomic mass is 9.99. The zero-order valence-corrected chi connectivity index (χ0v) is 18.1. The number of sulfonamides is 1. The maximum Gasteiger partial charge on any atom is 0.245 e. The minimum atomic E-state index is -3.69. The number of anilines is 1. The van der Waals surface area contributed by atoms with E-state index in [1.54, 1.807) is 0 Å². The molecule has 1 aliphatic carbocycles. The summed E-state index contributed by atoms with van der Waals surface area (Å²) in [6.07, 6.45) is 6.72. The molecule has 2 atom stereocenters. The number of hydrogen-bond donors (Lipinski definition) is 2. The first-order chi connectivity index (χ1) is 12.8. The van der Waals surface area contributed by atoms with Crippen molar-refractivity contribution in [2.75, 3.05) is 4.90 Å². The quantitative estimate of drug-likeness (QED) is 0.708. The average Bonchev–Trinajstić information content (AvgIpc) is 3.21. The van der Waals surface area contributed by atoms with Crippen LogP contribution in [0.25, 0.3) is 0 Å². The van der Waals surface area contributed by atoms with Crippen LogP contribution in [0, 0.1) is 5.92 Å². The Kier molecular flexibility index (Phi) is 6.56. The normalized spacial score (nSPS) is 22.7. The van der Waals surface area contributed by atoms with Crippen LogP contribution >= 0.6 is 11.8 Å². The highest BCUT2D eigenvalue weighted by atomic mass is 32.3. The molecule has 0 amide bonds. The molecule has 0 saturated heterocycles. The van der Waals surface area contributed by atoms with Crippen molar-refractivity contribution in [1.29, 1.82) is 0 Å². The minimum Gasteiger partial charge on any atom is -0.331 e. The molecule has 27 heavy (non-hydrogen) atoms. The fourth-order valence-corrected chi connectivity index (χ4v) is 6.74. The van der Waals surface area contributed by atoms with Gasteiger partial charge < -0.3 is 10.2 Å². The van der Waals surface area contributed by atoms with Gasteiger partial charge in [0.25, 0.3) is 0 Å². The molecule has 0 aromatic heterocycles. The summed E-state index contributed by atoms with van der Waals surface area (Å²) in [5.41, 5.74) is 2.94. The number of para-hydroxylation sites is 1. The molecule has 2 aliphatic rings. The molecule has 7 heteroatoms. The molecular formula is C20H31N3O2S2. The van der Waals surface area contributed by atoms with Crippen molar-refractivity contribution in [3.05, 3.63) is 39.8 Å². The largest absolute Gasteiger partial charge is 0.331 e. The second-order valence-corrected chi connectivity index (χ2v) is 10.9. The van der Waals surface area contributed by atoms with Crippen LogP contribution in [0.2, 0.25) is 0 Å². The number of nitrogens with two attached hydrogens (primary N) is 1. The van der Waals surface area contributed by atoms with E-state index in [4.69, 9.17) is 5.14 Å². The van der Waals surface area contributed by atoms with Crippen molar-refractivity contribution < 1.29 is 8.42 Å². The second kappa shape index (κ2) is 8.55. The first-order valence-corrected chi connectivity index (χ1v) is 12.2. The van der Waals surface area contributed by atoms with E-state index < -0.39 is 10.0 Å². The molecule has 1 fully saturated rings. The van der Waals surface area contributed by atoms with Crippen LogP contribution in [-0.4, -0.2) is 19.8 Å². The van der Waals surface area contributed by atoms with Gasteiger partial charge in [0, 0.05) is 24.0 Å². The first kappa shape index (κ1) is 20.7. The molecule has 0 spiro atoms. The van der Waals surface area contributed by atoms with Gasteiger partial charge in [0.05, 0.1) is 5.37 Å². The maximum absolute atomic E-state index is 11.9. The number of primary sulfonamides is 1. The fraction of sp³-hybridized carbons (Fsp3) is 0.600. The Balaban J connectivity index is 1.75. The Labute approximate surface area is 167 Å². The summed E-state index contributed by atoms with van der Waals surface area (Å²) in [5, 5.41) is 9.07. The molecule has 0 radical (unpaired) electrons. The van der Waals surface area contributed by atoms with Crippen LogP contribution < -0.4 is 15.4 Å². The first-order valence-electron chi connectivity index (χ1n) is 9.78. The van der Waals surface area contributed by atoms with Gasteiger partial charge in [0.2, 0.25) is 10.0 Å². The van der Waals surface area contributed by atoms with Crippen molar-refractivity contribution in [2.45, 2.75) is 70.8 Å². The highest BCUT2D eigenvalue weighted by Gasteiger charge is 2.34. The van der Waals surface area contributed by atoms with Gasteiger partial charge in [-0.25, -0.2) is 13.6 Å². The number of allylic oxidation sites excluding steroid dienone is 1. The molecular weight excluding hydrogens is 378 g/mol. The highest BCUT2D eigenvalue weighted by Crippen LogP contribution is 2.43. The minimum absolute atomic E-state index is 0.00427. The number of thioether (sulfide) groups is 1. The topological polar surface area (TPSA) is 75.4 Å². The smallest absolute Gasteiger partial charge is 0.245 e. The Bertz CT molecular complexity index is 801. The van der Waals surface area contributed by atoms with Crippen LogP contribution in [0.1, 0.15) is 58.4 Å². The number of nitrogens with one attached hydrogen (secondary N) is 1. The van der Waals surface area contributed by atoms with Gasteiger partial charge in [0.1, 0.15) is 4.24 Å². The van der Waals surface area contributed by atoms with Crippen LogP contribution in [0.15, 0.2) is 34.2 Å². The lowest BCUT2D eigenvalue weighted by molar-refractivity contribution is 0.404. The van der Waals surface area contributed by atoms with E-state index in [1.807, 2.05) is 26.0 Å². The van der Waals surface area contributed by atoms with Gasteiger partial charge in [-0.15, -0.1) is 0 Å². The summed E-state index contributed by atoms with van der Waals surface area (Å²) in [6.45, 7) is 6.89. The second-order valence-electron chi connectivity index (χ2n) is 7.80. The summed E-state index contributed by atoms with van der Waals surface area (Å²) in [6, 6.07) is 8.69. The summed E-state index contributed by atoms with van der Waals surface area (Å²) >= 11 is 1.31. The van der Waals surface area contributed by atoms with E-state index in [0.717, 1.165) is 18.2 Å². The molecule has 3 rings (SSSR count). The Morgan fingerprint density at radius 3 is 2.59 bits per heavy atom. The predicted molar refractivity (Wildman–Crippen MR) is 115 cm³/mol. The number of hydrogen-bond acceptors (Lipinski definition) is 5. The van der Waals surface area contributed by atoms with Crippen LogP contribution in [-0.2, 0) is 16.6 Å². The molecule has 0 bridgehead atoms. The molecule has 1 aliphatic heterocycles. The summed E-state index contributed by atoms with van der Waals surface area (Å²) in [4.78, 5) is 2.09. The summed E-state index contributed by atoms with van der Waals surface area (Å²) in [7, 11) is -3.69. The molecule has 150 valence electrons. The van der Waals surface area contributed by atoms with Crippen LogP contribution in [0.5, 0.6) is 0 Å². The van der Waals surface area contributed by atoms with E-state index in [-0.39, 0.29) is 9.61 Å². The molecule has 1 saturated carbocycles. The van der Waals surface area contributed by atoms with E-state index in [0.29, 0.717) is 11.7 Å². The molecule has 5 nitrogen and oxygen atoms in total. The Morgan fingerprint density at radius 2 is 1.96 bits per heavy atom. The number of nitrogens with zero attached hydrogens (tertiary/aromatic N) is 1. The third-order valence-electron chi connectivity index (χ3n) is 5.61. The predicted octanol–water partition coefficient (Wildman–Crippen LogP) is 4.12. The van der Waals surface area contributed by atoms with Gasteiger partial charge in [-0.05, 0) is 44.7 Å². The zero-order chi connectivity index (χ0) is 19.6. The molecule has 1 heterocycles. The van der Waals surface area contributed by atoms with Gasteiger partial charge in [-0.1, -0.05) is 55.6 Å². The SMILES string of the molecule is CC1=C(S(N)(=O)=O)SC(C)N1c1ccccc1CN[C@@H](C)CC1CCCC1. The van der Waals surface area contributed by atoms with Crippen LogP contribution in [0.4, 0.5) is 5.69 Å². The number of benzene rings is 1. The van der Waals surface area contributed by atoms with Crippen molar-refractivity contribution in [3.8, 4) is 0 Å². The third kappa shape index (κ3) is 4.88. The van der Waals surface area contributed by atoms with Crippen molar-refractivity contribution in [1.82, 2.24) is 5.32 Å². The van der Waals surface area contributed by atoms with Gasteiger partial charge in [-0.3, -0.25) is 0 Å². The Morgan fingerprint density at radius 1 is 1.30 bits per heavy atom. The summed E-state index contributed by atoms with van der Waals surface area (Å²) < 4.78 is 24.1. The van der Waals surface area contributed by atoms with Gasteiger partial charge in [0.15, 0.2) is 0 Å². The average molecular weight is 410 g/mol. The molecule has 3 N–H and O–H groups in total. The molecule has 1 aromatic carbocycles. The maximum atomic E-state index is 11.9. The Hall–Kier alpha value is -1.02. The van der Waals surface area contributed by atoms with E-state index >= 15 is 0 Å². The van der Waals surface area contributed by atoms with Crippen molar-refractivity contribution >= 4 is 27.5 Å².